The summed E-state index contributed by atoms with van der Waals surface area (Å²) < 4.78 is 40.6. The van der Waals surface area contributed by atoms with Gasteiger partial charge in [-0.05, 0) is 19.9 Å². The van der Waals surface area contributed by atoms with Crippen LogP contribution in [0.3, 0.4) is 0 Å². The van der Waals surface area contributed by atoms with Crippen LogP contribution in [-0.2, 0) is 11.3 Å². The van der Waals surface area contributed by atoms with E-state index >= 15 is 0 Å². The minimum Gasteiger partial charge on any atom is -0.493 e. The SMILES string of the molecule is COc1cccc(CN2CCO[C@@H](C)[C@@H]2C)c1OC(F)F. The molecular formula is C15H21F2NO3. The van der Waals surface area contributed by atoms with Gasteiger partial charge < -0.3 is 14.2 Å². The Morgan fingerprint density at radius 3 is 2.81 bits per heavy atom. The van der Waals surface area contributed by atoms with E-state index < -0.39 is 6.61 Å². The van der Waals surface area contributed by atoms with E-state index in [-0.39, 0.29) is 17.9 Å². The minimum absolute atomic E-state index is 0.112. The lowest BCUT2D eigenvalue weighted by Gasteiger charge is -2.38. The van der Waals surface area contributed by atoms with Crippen molar-refractivity contribution < 1.29 is 23.0 Å². The Labute approximate surface area is 123 Å². The Kier molecular flexibility index (Phi) is 5.36. The first-order chi connectivity index (χ1) is 10.0. The van der Waals surface area contributed by atoms with Crippen LogP contribution in [0.25, 0.3) is 0 Å². The molecular weight excluding hydrogens is 280 g/mol. The third kappa shape index (κ3) is 3.83. The van der Waals surface area contributed by atoms with E-state index in [0.717, 1.165) is 6.54 Å². The van der Waals surface area contributed by atoms with Gasteiger partial charge >= 0.3 is 6.61 Å². The Hall–Kier alpha value is -1.40. The third-order valence-corrected chi connectivity index (χ3v) is 3.88. The summed E-state index contributed by atoms with van der Waals surface area (Å²) in [4.78, 5) is 2.20. The lowest BCUT2D eigenvalue weighted by molar-refractivity contribution is -0.0629. The molecule has 1 fully saturated rings. The normalized spacial score (nSPS) is 23.3. The molecule has 0 saturated carbocycles. The molecule has 1 aromatic carbocycles. The van der Waals surface area contributed by atoms with Gasteiger partial charge in [-0.2, -0.15) is 8.78 Å². The second kappa shape index (κ2) is 7.04. The number of rotatable bonds is 5. The predicted octanol–water partition coefficient (Wildman–Crippen LogP) is 2.91. The van der Waals surface area contributed by atoms with Crippen LogP contribution in [0.1, 0.15) is 19.4 Å². The summed E-state index contributed by atoms with van der Waals surface area (Å²) in [6.45, 7) is 3.13. The molecule has 118 valence electrons. The van der Waals surface area contributed by atoms with Crippen molar-refractivity contribution in [2.24, 2.45) is 0 Å². The molecule has 2 rings (SSSR count). The van der Waals surface area contributed by atoms with E-state index in [1.54, 1.807) is 18.2 Å². The van der Waals surface area contributed by atoms with Crippen molar-refractivity contribution in [2.45, 2.75) is 39.1 Å². The molecule has 2 atom stereocenters. The van der Waals surface area contributed by atoms with Crippen LogP contribution in [0.2, 0.25) is 0 Å². The van der Waals surface area contributed by atoms with Gasteiger partial charge in [0.2, 0.25) is 0 Å². The summed E-state index contributed by atoms with van der Waals surface area (Å²) in [5.41, 5.74) is 0.690. The van der Waals surface area contributed by atoms with Crippen molar-refractivity contribution in [1.82, 2.24) is 4.90 Å². The zero-order valence-corrected chi connectivity index (χ0v) is 12.5. The maximum absolute atomic E-state index is 12.6. The van der Waals surface area contributed by atoms with Gasteiger partial charge in [0.15, 0.2) is 11.5 Å². The number of halogens is 2. The lowest BCUT2D eigenvalue weighted by Crippen LogP contribution is -2.47. The molecule has 1 aliphatic rings. The number of benzene rings is 1. The van der Waals surface area contributed by atoms with Crippen LogP contribution in [-0.4, -0.2) is 43.9 Å². The van der Waals surface area contributed by atoms with Gasteiger partial charge in [0.1, 0.15) is 0 Å². The van der Waals surface area contributed by atoms with E-state index in [1.165, 1.54) is 7.11 Å². The average molecular weight is 301 g/mol. The summed E-state index contributed by atoms with van der Waals surface area (Å²) in [6.07, 6.45) is 0.115. The van der Waals surface area contributed by atoms with Crippen LogP contribution < -0.4 is 9.47 Å². The van der Waals surface area contributed by atoms with E-state index in [1.807, 2.05) is 6.92 Å². The Morgan fingerprint density at radius 2 is 2.14 bits per heavy atom. The molecule has 0 aliphatic carbocycles. The summed E-state index contributed by atoms with van der Waals surface area (Å²) in [5, 5.41) is 0. The highest BCUT2D eigenvalue weighted by Gasteiger charge is 2.27. The summed E-state index contributed by atoms with van der Waals surface area (Å²) in [5.74, 6) is 0.433. The molecule has 21 heavy (non-hydrogen) atoms. The smallest absolute Gasteiger partial charge is 0.387 e. The summed E-state index contributed by atoms with van der Waals surface area (Å²) >= 11 is 0. The molecule has 6 heteroatoms. The van der Waals surface area contributed by atoms with Crippen molar-refractivity contribution in [3.8, 4) is 11.5 Å². The van der Waals surface area contributed by atoms with Crippen LogP contribution >= 0.6 is 0 Å². The van der Waals surface area contributed by atoms with Crippen molar-refractivity contribution in [3.63, 3.8) is 0 Å². The molecule has 1 aromatic rings. The van der Waals surface area contributed by atoms with Gasteiger partial charge in [0, 0.05) is 24.7 Å². The summed E-state index contributed by atoms with van der Waals surface area (Å²) in [6, 6.07) is 5.39. The van der Waals surface area contributed by atoms with Gasteiger partial charge in [-0.25, -0.2) is 0 Å². The highest BCUT2D eigenvalue weighted by molar-refractivity contribution is 5.46. The second-order valence-corrected chi connectivity index (χ2v) is 5.11. The largest absolute Gasteiger partial charge is 0.493 e. The van der Waals surface area contributed by atoms with E-state index in [0.29, 0.717) is 24.5 Å². The molecule has 4 nitrogen and oxygen atoms in total. The second-order valence-electron chi connectivity index (χ2n) is 5.11. The molecule has 0 unspecified atom stereocenters. The Bertz CT molecular complexity index is 470. The van der Waals surface area contributed by atoms with Crippen LogP contribution in [0.15, 0.2) is 18.2 Å². The maximum atomic E-state index is 12.6. The number of ether oxygens (including phenoxy) is 3. The number of hydrogen-bond acceptors (Lipinski definition) is 4. The number of morpholine rings is 1. The van der Waals surface area contributed by atoms with E-state index in [9.17, 15) is 8.78 Å². The zero-order chi connectivity index (χ0) is 15.4. The van der Waals surface area contributed by atoms with Gasteiger partial charge in [-0.15, -0.1) is 0 Å². The van der Waals surface area contributed by atoms with Crippen molar-refractivity contribution >= 4 is 0 Å². The number of nitrogens with zero attached hydrogens (tertiary/aromatic N) is 1. The third-order valence-electron chi connectivity index (χ3n) is 3.88. The van der Waals surface area contributed by atoms with E-state index in [4.69, 9.17) is 9.47 Å². The number of hydrogen-bond donors (Lipinski definition) is 0. The molecule has 0 bridgehead atoms. The van der Waals surface area contributed by atoms with Crippen LogP contribution in [0.5, 0.6) is 11.5 Å². The van der Waals surface area contributed by atoms with Gasteiger partial charge in [0.05, 0.1) is 19.8 Å². The highest BCUT2D eigenvalue weighted by atomic mass is 19.3. The monoisotopic (exact) mass is 301 g/mol. The molecule has 1 saturated heterocycles. The first-order valence-electron chi connectivity index (χ1n) is 6.99. The number of alkyl halides is 2. The molecule has 1 heterocycles. The van der Waals surface area contributed by atoms with Crippen molar-refractivity contribution in [3.05, 3.63) is 23.8 Å². The maximum Gasteiger partial charge on any atom is 0.387 e. The van der Waals surface area contributed by atoms with Crippen LogP contribution in [0.4, 0.5) is 8.78 Å². The van der Waals surface area contributed by atoms with Crippen molar-refractivity contribution in [2.75, 3.05) is 20.3 Å². The van der Waals surface area contributed by atoms with E-state index in [2.05, 4.69) is 16.6 Å². The fourth-order valence-corrected chi connectivity index (χ4v) is 2.51. The average Bonchev–Trinajstić information content (AvgIpc) is 2.45. The highest BCUT2D eigenvalue weighted by Crippen LogP contribution is 2.34. The van der Waals surface area contributed by atoms with Crippen LogP contribution in [0, 0.1) is 0 Å². The van der Waals surface area contributed by atoms with Gasteiger partial charge in [-0.1, -0.05) is 12.1 Å². The molecule has 0 spiro atoms. The molecule has 0 amide bonds. The first-order valence-corrected chi connectivity index (χ1v) is 6.99. The van der Waals surface area contributed by atoms with Gasteiger partial charge in [0.25, 0.3) is 0 Å². The number of methoxy groups -OCH3 is 1. The standard InChI is InChI=1S/C15H21F2NO3/c1-10-11(2)20-8-7-18(10)9-12-5-4-6-13(19-3)14(12)21-15(16)17/h4-6,10-11,15H,7-9H2,1-3H3/t10-,11-/m0/s1. The fraction of sp³-hybridized carbons (Fsp3) is 0.600. The van der Waals surface area contributed by atoms with Gasteiger partial charge in [-0.3, -0.25) is 4.90 Å². The Balaban J connectivity index is 2.22. The topological polar surface area (TPSA) is 30.9 Å². The predicted molar refractivity (Wildman–Crippen MR) is 74.9 cm³/mol. The molecule has 0 aromatic heterocycles. The van der Waals surface area contributed by atoms with Crippen molar-refractivity contribution in [1.29, 1.82) is 0 Å². The Morgan fingerprint density at radius 1 is 1.38 bits per heavy atom. The molecule has 0 N–H and O–H groups in total. The number of para-hydroxylation sites is 1. The fourth-order valence-electron chi connectivity index (χ4n) is 2.51. The quantitative estimate of drug-likeness (QED) is 0.837. The summed E-state index contributed by atoms with van der Waals surface area (Å²) in [7, 11) is 1.44. The minimum atomic E-state index is -2.87. The molecule has 0 radical (unpaired) electrons. The molecule has 1 aliphatic heterocycles. The lowest BCUT2D eigenvalue weighted by atomic mass is 10.1. The zero-order valence-electron chi connectivity index (χ0n) is 12.5. The first kappa shape index (κ1) is 16.0.